The van der Waals surface area contributed by atoms with Crippen LogP contribution in [0.2, 0.25) is 0 Å². The summed E-state index contributed by atoms with van der Waals surface area (Å²) in [6.07, 6.45) is 13.6. The molecule has 0 atom stereocenters. The van der Waals surface area contributed by atoms with Crippen LogP contribution in [0.1, 0.15) is 37.1 Å². The van der Waals surface area contributed by atoms with Gasteiger partial charge in [-0.15, -0.1) is 0 Å². The molecule has 33 heavy (non-hydrogen) atoms. The van der Waals surface area contributed by atoms with Crippen LogP contribution in [0.3, 0.4) is 0 Å². The minimum atomic E-state index is 0.517. The summed E-state index contributed by atoms with van der Waals surface area (Å²) in [5.74, 6) is 2.61. The van der Waals surface area contributed by atoms with Crippen LogP contribution in [-0.4, -0.2) is 44.9 Å². The highest BCUT2D eigenvalue weighted by atomic mass is 16.5. The van der Waals surface area contributed by atoms with E-state index in [9.17, 15) is 0 Å². The van der Waals surface area contributed by atoms with E-state index in [0.717, 1.165) is 58.1 Å². The zero-order chi connectivity index (χ0) is 22.4. The van der Waals surface area contributed by atoms with E-state index in [1.165, 1.54) is 25.7 Å². The molecule has 2 fully saturated rings. The van der Waals surface area contributed by atoms with Crippen LogP contribution in [-0.2, 0) is 13.5 Å². The van der Waals surface area contributed by atoms with E-state index in [1.54, 1.807) is 11.8 Å². The van der Waals surface area contributed by atoms with Gasteiger partial charge in [-0.2, -0.15) is 5.10 Å². The average Bonchev–Trinajstić information content (AvgIpc) is 3.46. The van der Waals surface area contributed by atoms with Crippen LogP contribution in [0.4, 0.5) is 5.82 Å². The van der Waals surface area contributed by atoms with E-state index >= 15 is 0 Å². The predicted molar refractivity (Wildman–Crippen MR) is 128 cm³/mol. The third-order valence-corrected chi connectivity index (χ3v) is 7.36. The van der Waals surface area contributed by atoms with E-state index in [4.69, 9.17) is 14.7 Å². The highest BCUT2D eigenvalue weighted by Crippen LogP contribution is 2.49. The number of ether oxygens (including phenoxy) is 1. The van der Waals surface area contributed by atoms with Gasteiger partial charge in [0.2, 0.25) is 0 Å². The predicted octanol–water partition coefficient (Wildman–Crippen LogP) is 4.41. The van der Waals surface area contributed by atoms with Gasteiger partial charge in [0.1, 0.15) is 17.1 Å². The first kappa shape index (κ1) is 20.1. The molecule has 0 N–H and O–H groups in total. The summed E-state index contributed by atoms with van der Waals surface area (Å²) < 4.78 is 7.52. The number of aromatic nitrogens is 5. The lowest BCUT2D eigenvalue weighted by molar-refractivity contribution is 0.165. The number of pyridine rings is 1. The van der Waals surface area contributed by atoms with Gasteiger partial charge in [0.25, 0.3) is 0 Å². The minimum absolute atomic E-state index is 0.517. The molecule has 1 spiro atoms. The van der Waals surface area contributed by atoms with Gasteiger partial charge in [-0.1, -0.05) is 18.6 Å². The van der Waals surface area contributed by atoms with Crippen molar-refractivity contribution in [2.24, 2.45) is 12.5 Å². The van der Waals surface area contributed by atoms with Gasteiger partial charge in [-0.3, -0.25) is 4.68 Å². The van der Waals surface area contributed by atoms with E-state index in [-0.39, 0.29) is 0 Å². The Balaban J connectivity index is 1.31. The molecule has 1 saturated carbocycles. The van der Waals surface area contributed by atoms with Gasteiger partial charge in [0.15, 0.2) is 5.82 Å². The first-order valence-electron chi connectivity index (χ1n) is 11.6. The number of benzene rings is 1. The molecule has 1 aliphatic heterocycles. The van der Waals surface area contributed by atoms with Crippen LogP contribution in [0.25, 0.3) is 22.0 Å². The number of fused-ring (bicyclic) bond motifs is 1. The fraction of sp³-hybridized carbons (Fsp3) is 0.385. The summed E-state index contributed by atoms with van der Waals surface area (Å²) in [7, 11) is 3.63. The highest BCUT2D eigenvalue weighted by Gasteiger charge is 2.43. The number of methoxy groups -OCH3 is 1. The van der Waals surface area contributed by atoms with Gasteiger partial charge < -0.3 is 9.64 Å². The quantitative estimate of drug-likeness (QED) is 0.458. The molecule has 7 nitrogen and oxygen atoms in total. The van der Waals surface area contributed by atoms with Gasteiger partial charge in [0, 0.05) is 61.7 Å². The first-order valence-corrected chi connectivity index (χ1v) is 11.6. The zero-order valence-corrected chi connectivity index (χ0v) is 19.2. The summed E-state index contributed by atoms with van der Waals surface area (Å²) in [5, 5.41) is 5.31. The molecule has 7 heteroatoms. The first-order chi connectivity index (χ1) is 16.1. The maximum Gasteiger partial charge on any atom is 0.155 e. The lowest BCUT2D eigenvalue weighted by Crippen LogP contribution is -2.33. The van der Waals surface area contributed by atoms with Crippen LogP contribution in [0.5, 0.6) is 5.75 Å². The zero-order valence-electron chi connectivity index (χ0n) is 19.2. The number of hydrogen-bond donors (Lipinski definition) is 0. The lowest BCUT2D eigenvalue weighted by atomic mass is 9.68. The van der Waals surface area contributed by atoms with Crippen molar-refractivity contribution in [1.82, 2.24) is 24.7 Å². The molecule has 4 heterocycles. The number of anilines is 1. The van der Waals surface area contributed by atoms with Crippen molar-refractivity contribution in [3.63, 3.8) is 0 Å². The molecule has 1 aromatic carbocycles. The maximum atomic E-state index is 5.72. The second-order valence-corrected chi connectivity index (χ2v) is 9.49. The smallest absolute Gasteiger partial charge is 0.155 e. The van der Waals surface area contributed by atoms with Gasteiger partial charge in [-0.25, -0.2) is 15.0 Å². The van der Waals surface area contributed by atoms with Crippen LogP contribution in [0.15, 0.2) is 49.1 Å². The number of nitrogens with zero attached hydrogens (tertiary/aromatic N) is 6. The van der Waals surface area contributed by atoms with Gasteiger partial charge >= 0.3 is 0 Å². The van der Waals surface area contributed by atoms with E-state index in [2.05, 4.69) is 33.2 Å². The number of rotatable bonds is 5. The second kappa shape index (κ2) is 7.83. The summed E-state index contributed by atoms with van der Waals surface area (Å²) in [6.45, 7) is 2.16. The molecular weight excluding hydrogens is 412 g/mol. The van der Waals surface area contributed by atoms with Crippen molar-refractivity contribution in [1.29, 1.82) is 0 Å². The lowest BCUT2D eigenvalue weighted by Gasteiger charge is -2.38. The molecule has 1 saturated heterocycles. The van der Waals surface area contributed by atoms with Crippen molar-refractivity contribution in [2.75, 3.05) is 25.1 Å². The Morgan fingerprint density at radius 3 is 2.70 bits per heavy atom. The molecule has 0 unspecified atom stereocenters. The Bertz CT molecular complexity index is 1330. The summed E-state index contributed by atoms with van der Waals surface area (Å²) in [5.41, 5.74) is 4.67. The maximum absolute atomic E-state index is 5.72. The number of aryl methyl sites for hydroxylation is 1. The monoisotopic (exact) mass is 440 g/mol. The van der Waals surface area contributed by atoms with Crippen LogP contribution < -0.4 is 9.64 Å². The fourth-order valence-corrected chi connectivity index (χ4v) is 5.31. The highest BCUT2D eigenvalue weighted by molar-refractivity contribution is 5.88. The van der Waals surface area contributed by atoms with Crippen LogP contribution in [0, 0.1) is 5.41 Å². The molecule has 4 aromatic rings. The largest absolute Gasteiger partial charge is 0.496 e. The molecule has 0 bridgehead atoms. The molecule has 168 valence electrons. The molecule has 6 rings (SSSR count). The van der Waals surface area contributed by atoms with Crippen molar-refractivity contribution in [2.45, 2.75) is 32.1 Å². The summed E-state index contributed by atoms with van der Waals surface area (Å²) in [4.78, 5) is 16.8. The van der Waals surface area contributed by atoms with Gasteiger partial charge in [-0.05, 0) is 42.4 Å². The van der Waals surface area contributed by atoms with Gasteiger partial charge in [0.05, 0.1) is 13.3 Å². The van der Waals surface area contributed by atoms with Crippen molar-refractivity contribution >= 4 is 16.7 Å². The normalized spacial score (nSPS) is 17.0. The molecule has 0 radical (unpaired) electrons. The second-order valence-electron chi connectivity index (χ2n) is 9.49. The molecule has 1 aliphatic carbocycles. The Hall–Kier alpha value is -3.48. The fourth-order valence-electron chi connectivity index (χ4n) is 5.31. The topological polar surface area (TPSA) is 69.0 Å². The van der Waals surface area contributed by atoms with Crippen molar-refractivity contribution in [3.8, 4) is 16.9 Å². The summed E-state index contributed by atoms with van der Waals surface area (Å²) in [6, 6.07) is 8.26. The van der Waals surface area contributed by atoms with Crippen molar-refractivity contribution < 1.29 is 4.74 Å². The van der Waals surface area contributed by atoms with Crippen LogP contribution >= 0.6 is 0 Å². The van der Waals surface area contributed by atoms with Crippen molar-refractivity contribution in [3.05, 3.63) is 60.4 Å². The summed E-state index contributed by atoms with van der Waals surface area (Å²) >= 11 is 0. The standard InChI is InChI=1S/C26H28N6O/c1-31-16-21(15-29-31)18-4-5-19(22(12-18)33-2)13-23-28-14-20-6-10-27-25(24(20)30-23)32-11-9-26(17-32)7-3-8-26/h4-6,10,12,14-16H,3,7-9,11,13,17H2,1-2H3. The third-order valence-electron chi connectivity index (χ3n) is 7.36. The molecule has 2 aliphatic rings. The Labute approximate surface area is 193 Å². The third kappa shape index (κ3) is 3.61. The van der Waals surface area contributed by atoms with E-state index in [0.29, 0.717) is 11.8 Å². The SMILES string of the molecule is COc1cc(-c2cnn(C)c2)ccc1Cc1ncc2ccnc(N3CCC4(CCC4)C3)c2n1. The molecule has 0 amide bonds. The molecule has 3 aromatic heterocycles. The average molecular weight is 441 g/mol. The number of hydrogen-bond acceptors (Lipinski definition) is 6. The van der Waals surface area contributed by atoms with E-state index in [1.807, 2.05) is 37.9 Å². The van der Waals surface area contributed by atoms with E-state index < -0.39 is 0 Å². The molecular formula is C26H28N6O. The Morgan fingerprint density at radius 1 is 1.06 bits per heavy atom. The Kier molecular flexibility index (Phi) is 4.78. The Morgan fingerprint density at radius 2 is 1.97 bits per heavy atom. The minimum Gasteiger partial charge on any atom is -0.496 e.